The molecule has 6 rings (SSSR count). The number of alkyl halides is 3. The van der Waals surface area contributed by atoms with Gasteiger partial charge in [0.25, 0.3) is 5.91 Å². The van der Waals surface area contributed by atoms with E-state index in [1.165, 1.54) is 29.2 Å². The van der Waals surface area contributed by atoms with Gasteiger partial charge in [0.15, 0.2) is 10.9 Å². The molecule has 0 spiro atoms. The van der Waals surface area contributed by atoms with E-state index in [0.29, 0.717) is 80.8 Å². The van der Waals surface area contributed by atoms with Gasteiger partial charge in [-0.15, -0.1) is 21.5 Å². The van der Waals surface area contributed by atoms with Crippen molar-refractivity contribution in [1.29, 1.82) is 0 Å². The Morgan fingerprint density at radius 3 is 2.58 bits per heavy atom. The first kappa shape index (κ1) is 29.5. The number of thiazole rings is 1. The highest BCUT2D eigenvalue weighted by molar-refractivity contribution is 7.98. The molecule has 5 aromatic rings. The fourth-order valence-electron chi connectivity index (χ4n) is 4.61. The van der Waals surface area contributed by atoms with Gasteiger partial charge >= 0.3 is 6.18 Å². The zero-order valence-electron chi connectivity index (χ0n) is 22.1. The summed E-state index contributed by atoms with van der Waals surface area (Å²) in [4.78, 5) is 21.3. The molecule has 8 nitrogen and oxygen atoms in total. The topological polar surface area (TPSA) is 80.3 Å². The number of carbonyl (C=O) groups is 1. The second-order valence-corrected chi connectivity index (χ2v) is 12.2. The van der Waals surface area contributed by atoms with Crippen molar-refractivity contribution in [2.45, 2.75) is 17.1 Å². The van der Waals surface area contributed by atoms with Crippen molar-refractivity contribution < 1.29 is 22.4 Å². The molecule has 1 saturated heterocycles. The van der Waals surface area contributed by atoms with Crippen LogP contribution in [0.1, 0.15) is 21.1 Å². The summed E-state index contributed by atoms with van der Waals surface area (Å²) in [6.07, 6.45) is -2.87. The van der Waals surface area contributed by atoms with Gasteiger partial charge in [0.1, 0.15) is 10.7 Å². The molecule has 2 aromatic carbocycles. The molecule has 222 valence electrons. The van der Waals surface area contributed by atoms with Crippen LogP contribution >= 0.6 is 46.3 Å². The maximum absolute atomic E-state index is 13.2. The minimum Gasteiger partial charge on any atom is -0.461 e. The number of thioether (sulfide) groups is 1. The minimum absolute atomic E-state index is 0.217. The van der Waals surface area contributed by atoms with Crippen LogP contribution < -0.4 is 4.90 Å². The number of halogens is 5. The highest BCUT2D eigenvalue weighted by atomic mass is 35.5. The van der Waals surface area contributed by atoms with E-state index in [1.54, 1.807) is 57.5 Å². The molecule has 43 heavy (non-hydrogen) atoms. The SMILES string of the molecule is O=C(c1csc(CSc2nnc(-c3ccco3)n2-c2cc(Cl)ccc2Cl)n1)N1CCN(c2cccc(C(F)(F)F)c2)CC1. The van der Waals surface area contributed by atoms with Crippen molar-refractivity contribution in [3.63, 3.8) is 0 Å². The smallest absolute Gasteiger partial charge is 0.416 e. The number of hydrogen-bond acceptors (Lipinski definition) is 8. The number of benzene rings is 2. The number of aromatic nitrogens is 4. The summed E-state index contributed by atoms with van der Waals surface area (Å²) in [5.74, 6) is 1.15. The van der Waals surface area contributed by atoms with Gasteiger partial charge in [0.2, 0.25) is 5.82 Å². The largest absolute Gasteiger partial charge is 0.461 e. The molecule has 0 unspecified atom stereocenters. The lowest BCUT2D eigenvalue weighted by Crippen LogP contribution is -2.49. The van der Waals surface area contributed by atoms with Crippen molar-refractivity contribution in [1.82, 2.24) is 24.6 Å². The molecule has 1 aliphatic heterocycles. The summed E-state index contributed by atoms with van der Waals surface area (Å²) < 4.78 is 46.7. The molecule has 3 aromatic heterocycles. The molecule has 15 heteroatoms. The standard InChI is InChI=1S/C28H21Cl2F3N6O2S2/c29-18-6-7-20(30)22(14-18)39-25(23-5-2-12-41-23)35-36-27(39)43-16-24-34-21(15-42-24)26(40)38-10-8-37(9-11-38)19-4-1-3-17(13-19)28(31,32)33/h1-7,12-15H,8-11,16H2. The van der Waals surface area contributed by atoms with Gasteiger partial charge in [-0.25, -0.2) is 4.98 Å². The summed E-state index contributed by atoms with van der Waals surface area (Å²) in [5, 5.41) is 12.6. The lowest BCUT2D eigenvalue weighted by molar-refractivity contribution is -0.137. The number of carbonyl (C=O) groups excluding carboxylic acids is 1. The molecule has 0 saturated carbocycles. The zero-order chi connectivity index (χ0) is 30.1. The number of anilines is 1. The van der Waals surface area contributed by atoms with E-state index in [-0.39, 0.29) is 5.91 Å². The molecule has 1 amide bonds. The molecule has 1 fully saturated rings. The van der Waals surface area contributed by atoms with Crippen LogP contribution in [0.4, 0.5) is 18.9 Å². The van der Waals surface area contributed by atoms with Crippen LogP contribution in [0, 0.1) is 0 Å². The van der Waals surface area contributed by atoms with Crippen molar-refractivity contribution in [3.8, 4) is 17.3 Å². The van der Waals surface area contributed by atoms with Gasteiger partial charge in [-0.1, -0.05) is 41.0 Å². The van der Waals surface area contributed by atoms with Gasteiger partial charge in [0, 0.05) is 42.3 Å². The van der Waals surface area contributed by atoms with Crippen LogP contribution in [0.15, 0.2) is 75.8 Å². The van der Waals surface area contributed by atoms with Gasteiger partial charge in [0.05, 0.1) is 28.3 Å². The van der Waals surface area contributed by atoms with E-state index in [2.05, 4.69) is 15.2 Å². The van der Waals surface area contributed by atoms with Crippen LogP contribution in [0.2, 0.25) is 10.0 Å². The summed E-state index contributed by atoms with van der Waals surface area (Å²) >= 11 is 15.5. The molecule has 0 bridgehead atoms. The van der Waals surface area contributed by atoms with Crippen LogP contribution in [-0.2, 0) is 11.9 Å². The summed E-state index contributed by atoms with van der Waals surface area (Å²) in [5.41, 5.74) is 0.704. The van der Waals surface area contributed by atoms with Crippen molar-refractivity contribution in [2.24, 2.45) is 0 Å². The predicted molar refractivity (Wildman–Crippen MR) is 160 cm³/mol. The molecular formula is C28H21Cl2F3N6O2S2. The van der Waals surface area contributed by atoms with E-state index in [4.69, 9.17) is 27.6 Å². The Labute approximate surface area is 262 Å². The predicted octanol–water partition coefficient (Wildman–Crippen LogP) is 7.56. The number of hydrogen-bond donors (Lipinski definition) is 0. The molecular weight excluding hydrogens is 644 g/mol. The van der Waals surface area contributed by atoms with Crippen LogP contribution in [0.25, 0.3) is 17.3 Å². The third kappa shape index (κ3) is 6.40. The number of rotatable bonds is 7. The third-order valence-corrected chi connectivity index (χ3v) is 9.25. The Morgan fingerprint density at radius 1 is 1.02 bits per heavy atom. The van der Waals surface area contributed by atoms with E-state index in [9.17, 15) is 18.0 Å². The number of nitrogens with zero attached hydrogens (tertiary/aromatic N) is 6. The summed E-state index contributed by atoms with van der Waals surface area (Å²) in [6, 6.07) is 13.9. The lowest BCUT2D eigenvalue weighted by atomic mass is 10.1. The van der Waals surface area contributed by atoms with E-state index >= 15 is 0 Å². The maximum Gasteiger partial charge on any atom is 0.416 e. The number of piperazine rings is 1. The van der Waals surface area contributed by atoms with E-state index in [0.717, 1.165) is 12.1 Å². The van der Waals surface area contributed by atoms with Crippen molar-refractivity contribution in [3.05, 3.63) is 92.6 Å². The Bertz CT molecular complexity index is 1750. The van der Waals surface area contributed by atoms with Gasteiger partial charge in [-0.2, -0.15) is 13.2 Å². The Morgan fingerprint density at radius 2 is 1.84 bits per heavy atom. The van der Waals surface area contributed by atoms with E-state index < -0.39 is 11.7 Å². The molecule has 4 heterocycles. The fourth-order valence-corrected chi connectivity index (χ4v) is 6.71. The molecule has 0 N–H and O–H groups in total. The van der Waals surface area contributed by atoms with Crippen molar-refractivity contribution >= 4 is 57.9 Å². The second kappa shape index (κ2) is 12.2. The fraction of sp³-hybridized carbons (Fsp3) is 0.214. The molecule has 1 aliphatic rings. The Kier molecular flexibility index (Phi) is 8.40. The molecule has 0 atom stereocenters. The van der Waals surface area contributed by atoms with Gasteiger partial charge in [-0.3, -0.25) is 9.36 Å². The summed E-state index contributed by atoms with van der Waals surface area (Å²) in [7, 11) is 0. The Balaban J connectivity index is 1.13. The normalized spacial score (nSPS) is 14.0. The average molecular weight is 666 g/mol. The minimum atomic E-state index is -4.41. The lowest BCUT2D eigenvalue weighted by Gasteiger charge is -2.36. The van der Waals surface area contributed by atoms with E-state index in [1.807, 2.05) is 4.90 Å². The first-order chi connectivity index (χ1) is 20.7. The van der Waals surface area contributed by atoms with Crippen molar-refractivity contribution in [2.75, 3.05) is 31.1 Å². The first-order valence-electron chi connectivity index (χ1n) is 12.9. The van der Waals surface area contributed by atoms with Crippen LogP contribution in [-0.4, -0.2) is 56.7 Å². The summed E-state index contributed by atoms with van der Waals surface area (Å²) in [6.45, 7) is 1.57. The Hall–Kier alpha value is -3.52. The molecule has 0 aliphatic carbocycles. The highest BCUT2D eigenvalue weighted by Crippen LogP contribution is 2.35. The van der Waals surface area contributed by atoms with Gasteiger partial charge in [-0.05, 0) is 48.5 Å². The first-order valence-corrected chi connectivity index (χ1v) is 15.5. The van der Waals surface area contributed by atoms with Crippen LogP contribution in [0.5, 0.6) is 0 Å². The maximum atomic E-state index is 13.2. The monoisotopic (exact) mass is 664 g/mol. The zero-order valence-corrected chi connectivity index (χ0v) is 25.2. The molecule has 0 radical (unpaired) electrons. The van der Waals surface area contributed by atoms with Crippen LogP contribution in [0.3, 0.4) is 0 Å². The second-order valence-electron chi connectivity index (χ2n) is 9.46. The highest BCUT2D eigenvalue weighted by Gasteiger charge is 2.31. The quantitative estimate of drug-likeness (QED) is 0.166. The van der Waals surface area contributed by atoms with Gasteiger partial charge < -0.3 is 14.2 Å². The third-order valence-electron chi connectivity index (χ3n) is 6.73. The number of amides is 1. The average Bonchev–Trinajstić information content (AvgIpc) is 3.78. The number of furan rings is 1.